The van der Waals surface area contributed by atoms with Crippen molar-refractivity contribution < 1.29 is 14.3 Å². The number of aromatic nitrogens is 1. The molecule has 0 aliphatic carbocycles. The Hall–Kier alpha value is -3.19. The number of carbonyl (C=O) groups is 2. The van der Waals surface area contributed by atoms with E-state index in [4.69, 9.17) is 4.74 Å². The fraction of sp³-hybridized carbons (Fsp3) is 0.136. The number of hydrogen-bond acceptors (Lipinski definition) is 4. The summed E-state index contributed by atoms with van der Waals surface area (Å²) in [5, 5.41) is 2.81. The summed E-state index contributed by atoms with van der Waals surface area (Å²) in [6.07, 6.45) is 2.99. The van der Waals surface area contributed by atoms with Crippen molar-refractivity contribution in [2.45, 2.75) is 12.8 Å². The van der Waals surface area contributed by atoms with Crippen LogP contribution in [-0.4, -0.2) is 23.3 Å². The van der Waals surface area contributed by atoms with E-state index in [9.17, 15) is 9.59 Å². The van der Waals surface area contributed by atoms with Crippen molar-refractivity contribution in [1.82, 2.24) is 4.98 Å². The molecule has 4 rings (SSSR count). The number of anilines is 2. The van der Waals surface area contributed by atoms with Gasteiger partial charge in [-0.2, -0.15) is 0 Å². The molecule has 29 heavy (non-hydrogen) atoms. The van der Waals surface area contributed by atoms with Crippen LogP contribution < -0.4 is 15.0 Å². The average Bonchev–Trinajstić information content (AvgIpc) is 3.15. The molecule has 2 heterocycles. The van der Waals surface area contributed by atoms with Gasteiger partial charge in [0.05, 0.1) is 11.9 Å². The van der Waals surface area contributed by atoms with E-state index in [1.165, 1.54) is 0 Å². The van der Waals surface area contributed by atoms with Gasteiger partial charge < -0.3 is 15.0 Å². The molecule has 0 unspecified atom stereocenters. The van der Waals surface area contributed by atoms with E-state index in [-0.39, 0.29) is 11.8 Å². The normalized spacial score (nSPS) is 13.4. The Morgan fingerprint density at radius 2 is 1.93 bits per heavy atom. The standard InChI is InChI=1S/C22H18BrN3O3/c23-16-3-1-4-19(13-16)29-20-11-8-17(14-24-20)25-22(28)15-6-9-18(10-7-15)26-12-2-5-21(26)27/h1,3-4,6-11,13-14H,2,5,12H2,(H,25,28). The summed E-state index contributed by atoms with van der Waals surface area (Å²) in [7, 11) is 0. The second kappa shape index (κ2) is 8.45. The largest absolute Gasteiger partial charge is 0.439 e. The summed E-state index contributed by atoms with van der Waals surface area (Å²) in [5.41, 5.74) is 1.89. The molecule has 0 saturated carbocycles. The smallest absolute Gasteiger partial charge is 0.255 e. The number of pyridine rings is 1. The molecule has 6 nitrogen and oxygen atoms in total. The van der Waals surface area contributed by atoms with E-state index in [2.05, 4.69) is 26.2 Å². The maximum Gasteiger partial charge on any atom is 0.255 e. The van der Waals surface area contributed by atoms with Crippen LogP contribution >= 0.6 is 15.9 Å². The zero-order chi connectivity index (χ0) is 20.2. The summed E-state index contributed by atoms with van der Waals surface area (Å²) in [6, 6.07) is 17.9. The van der Waals surface area contributed by atoms with E-state index in [1.54, 1.807) is 47.5 Å². The first-order valence-corrected chi connectivity index (χ1v) is 9.99. The summed E-state index contributed by atoms with van der Waals surface area (Å²) in [4.78, 5) is 30.3. The van der Waals surface area contributed by atoms with E-state index in [1.807, 2.05) is 24.3 Å². The molecule has 0 spiro atoms. The van der Waals surface area contributed by atoms with Gasteiger partial charge in [0.15, 0.2) is 0 Å². The van der Waals surface area contributed by atoms with Crippen molar-refractivity contribution in [3.05, 3.63) is 76.9 Å². The fourth-order valence-electron chi connectivity index (χ4n) is 3.08. The van der Waals surface area contributed by atoms with Gasteiger partial charge in [0.25, 0.3) is 5.91 Å². The van der Waals surface area contributed by atoms with E-state index in [0.29, 0.717) is 29.3 Å². The monoisotopic (exact) mass is 451 g/mol. The lowest BCUT2D eigenvalue weighted by Gasteiger charge is -2.15. The lowest BCUT2D eigenvalue weighted by atomic mass is 10.2. The lowest BCUT2D eigenvalue weighted by molar-refractivity contribution is -0.117. The third kappa shape index (κ3) is 4.63. The minimum absolute atomic E-state index is 0.124. The zero-order valence-corrected chi connectivity index (χ0v) is 17.1. The molecule has 0 bridgehead atoms. The fourth-order valence-corrected chi connectivity index (χ4v) is 3.46. The molecule has 7 heteroatoms. The van der Waals surface area contributed by atoms with Crippen LogP contribution in [0.2, 0.25) is 0 Å². The maximum absolute atomic E-state index is 12.5. The first-order chi connectivity index (χ1) is 14.1. The number of nitrogens with zero attached hydrogens (tertiary/aromatic N) is 2. The molecule has 1 aliphatic rings. The summed E-state index contributed by atoms with van der Waals surface area (Å²) < 4.78 is 6.60. The van der Waals surface area contributed by atoms with Crippen molar-refractivity contribution in [2.75, 3.05) is 16.8 Å². The predicted molar refractivity (Wildman–Crippen MR) is 114 cm³/mol. The highest BCUT2D eigenvalue weighted by Crippen LogP contribution is 2.24. The number of amides is 2. The third-order valence-electron chi connectivity index (χ3n) is 4.53. The number of carbonyl (C=O) groups excluding carboxylic acids is 2. The maximum atomic E-state index is 12.5. The summed E-state index contributed by atoms with van der Waals surface area (Å²) in [5.74, 6) is 0.978. The predicted octanol–water partition coefficient (Wildman–Crippen LogP) is 5.02. The molecule has 146 valence electrons. The molecule has 1 aromatic heterocycles. The first kappa shape index (κ1) is 19.1. The molecule has 2 amide bonds. The van der Waals surface area contributed by atoms with Crippen molar-refractivity contribution in [3.8, 4) is 11.6 Å². The van der Waals surface area contributed by atoms with Crippen LogP contribution in [0.5, 0.6) is 11.6 Å². The van der Waals surface area contributed by atoms with Gasteiger partial charge >= 0.3 is 0 Å². The highest BCUT2D eigenvalue weighted by molar-refractivity contribution is 9.10. The highest BCUT2D eigenvalue weighted by atomic mass is 79.9. The van der Waals surface area contributed by atoms with Crippen LogP contribution in [0.4, 0.5) is 11.4 Å². The Kier molecular flexibility index (Phi) is 5.57. The Labute approximate surface area is 176 Å². The molecule has 1 aliphatic heterocycles. The van der Waals surface area contributed by atoms with Crippen molar-refractivity contribution >= 4 is 39.1 Å². The van der Waals surface area contributed by atoms with Crippen molar-refractivity contribution in [3.63, 3.8) is 0 Å². The van der Waals surface area contributed by atoms with E-state index in [0.717, 1.165) is 23.1 Å². The number of halogens is 1. The van der Waals surface area contributed by atoms with Gasteiger partial charge in [-0.3, -0.25) is 9.59 Å². The number of rotatable bonds is 5. The Morgan fingerprint density at radius 3 is 2.59 bits per heavy atom. The van der Waals surface area contributed by atoms with Crippen LogP contribution in [0.15, 0.2) is 71.3 Å². The number of nitrogens with one attached hydrogen (secondary N) is 1. The third-order valence-corrected chi connectivity index (χ3v) is 5.02. The van der Waals surface area contributed by atoms with Crippen molar-refractivity contribution in [1.29, 1.82) is 0 Å². The van der Waals surface area contributed by atoms with Gasteiger partial charge in [-0.25, -0.2) is 4.98 Å². The van der Waals surface area contributed by atoms with E-state index >= 15 is 0 Å². The molecule has 1 fully saturated rings. The topological polar surface area (TPSA) is 71.5 Å². The second-order valence-electron chi connectivity index (χ2n) is 6.59. The second-order valence-corrected chi connectivity index (χ2v) is 7.51. The minimum Gasteiger partial charge on any atom is -0.439 e. The van der Waals surface area contributed by atoms with Gasteiger partial charge in [0.1, 0.15) is 5.75 Å². The number of benzene rings is 2. The Morgan fingerprint density at radius 1 is 1.10 bits per heavy atom. The van der Waals surface area contributed by atoms with Gasteiger partial charge in [0.2, 0.25) is 11.8 Å². The number of hydrogen-bond donors (Lipinski definition) is 1. The van der Waals surface area contributed by atoms with Gasteiger partial charge in [-0.1, -0.05) is 22.0 Å². The average molecular weight is 452 g/mol. The quantitative estimate of drug-likeness (QED) is 0.591. The summed E-state index contributed by atoms with van der Waals surface area (Å²) >= 11 is 3.40. The van der Waals surface area contributed by atoms with Crippen LogP contribution in [0.25, 0.3) is 0 Å². The zero-order valence-electron chi connectivity index (χ0n) is 15.5. The van der Waals surface area contributed by atoms with Crippen molar-refractivity contribution in [2.24, 2.45) is 0 Å². The molecular formula is C22H18BrN3O3. The van der Waals surface area contributed by atoms with Gasteiger partial charge in [-0.15, -0.1) is 0 Å². The molecular weight excluding hydrogens is 434 g/mol. The van der Waals surface area contributed by atoms with Gasteiger partial charge in [-0.05, 0) is 55.0 Å². The Balaban J connectivity index is 1.38. The molecule has 0 radical (unpaired) electrons. The molecule has 1 N–H and O–H groups in total. The van der Waals surface area contributed by atoms with Crippen LogP contribution in [0.1, 0.15) is 23.2 Å². The SMILES string of the molecule is O=C(Nc1ccc(Oc2cccc(Br)c2)nc1)c1ccc(N2CCCC2=O)cc1. The van der Waals surface area contributed by atoms with Crippen LogP contribution in [-0.2, 0) is 4.79 Å². The van der Waals surface area contributed by atoms with E-state index < -0.39 is 0 Å². The van der Waals surface area contributed by atoms with Gasteiger partial charge in [0, 0.05) is 34.8 Å². The number of ether oxygens (including phenoxy) is 1. The highest BCUT2D eigenvalue weighted by Gasteiger charge is 2.21. The lowest BCUT2D eigenvalue weighted by Crippen LogP contribution is -2.23. The molecule has 3 aromatic rings. The molecule has 2 aromatic carbocycles. The summed E-state index contributed by atoms with van der Waals surface area (Å²) in [6.45, 7) is 0.727. The molecule has 1 saturated heterocycles. The minimum atomic E-state index is -0.244. The van der Waals surface area contributed by atoms with Crippen LogP contribution in [0.3, 0.4) is 0 Å². The molecule has 0 atom stereocenters. The van der Waals surface area contributed by atoms with Crippen LogP contribution in [0, 0.1) is 0 Å². The first-order valence-electron chi connectivity index (χ1n) is 9.20. The Bertz CT molecular complexity index is 1040.